The van der Waals surface area contributed by atoms with E-state index in [4.69, 9.17) is 4.74 Å². The van der Waals surface area contributed by atoms with E-state index in [0.29, 0.717) is 11.3 Å². The number of nitrogens with zero attached hydrogens (tertiary/aromatic N) is 2. The first-order chi connectivity index (χ1) is 9.61. The number of nitrogens with one attached hydrogen (secondary N) is 1. The summed E-state index contributed by atoms with van der Waals surface area (Å²) in [6.07, 6.45) is 4.49. The fourth-order valence-corrected chi connectivity index (χ4v) is 1.91. The Morgan fingerprint density at radius 1 is 1.35 bits per heavy atom. The highest BCUT2D eigenvalue weighted by Gasteiger charge is 2.09. The number of halogens is 1. The number of methoxy groups -OCH3 is 1. The highest BCUT2D eigenvalue weighted by molar-refractivity contribution is 5.90. The summed E-state index contributed by atoms with van der Waals surface area (Å²) in [5.41, 5.74) is 1.84. The Bertz CT molecular complexity index is 636. The lowest BCUT2D eigenvalue weighted by Crippen LogP contribution is -2.04. The van der Waals surface area contributed by atoms with E-state index in [9.17, 15) is 4.39 Å². The lowest BCUT2D eigenvalue weighted by Gasteiger charge is -2.09. The number of benzene rings is 1. The van der Waals surface area contributed by atoms with Crippen molar-refractivity contribution in [3.63, 3.8) is 0 Å². The van der Waals surface area contributed by atoms with Crippen molar-refractivity contribution in [3.05, 3.63) is 35.9 Å². The summed E-state index contributed by atoms with van der Waals surface area (Å²) >= 11 is 0. The Labute approximate surface area is 117 Å². The molecule has 0 radical (unpaired) electrons. The lowest BCUT2D eigenvalue weighted by molar-refractivity contribution is 0.387. The molecule has 0 aliphatic rings. The lowest BCUT2D eigenvalue weighted by atomic mass is 10.2. The number of allylic oxidation sites excluding steroid dienone is 1. The molecule has 0 spiro atoms. The maximum absolute atomic E-state index is 13.6. The average molecular weight is 275 g/mol. The second-order valence-corrected chi connectivity index (χ2v) is 4.72. The van der Waals surface area contributed by atoms with Crippen molar-refractivity contribution in [2.24, 2.45) is 0 Å². The van der Waals surface area contributed by atoms with Gasteiger partial charge in [-0.05, 0) is 26.3 Å². The van der Waals surface area contributed by atoms with Crippen LogP contribution < -0.4 is 10.1 Å². The molecule has 0 fully saturated rings. The topological polar surface area (TPSA) is 47.0 Å². The van der Waals surface area contributed by atoms with Crippen LogP contribution in [-0.4, -0.2) is 23.6 Å². The van der Waals surface area contributed by atoms with Crippen LogP contribution in [-0.2, 0) is 0 Å². The molecule has 0 saturated carbocycles. The van der Waals surface area contributed by atoms with Crippen LogP contribution in [0.15, 0.2) is 30.1 Å². The van der Waals surface area contributed by atoms with Crippen molar-refractivity contribution in [1.29, 1.82) is 0 Å². The molecule has 0 aliphatic carbocycles. The molecule has 20 heavy (non-hydrogen) atoms. The number of ether oxygens (including phenoxy) is 1. The fourth-order valence-electron chi connectivity index (χ4n) is 1.91. The first kappa shape index (κ1) is 14.2. The first-order valence-electron chi connectivity index (χ1n) is 6.47. The quantitative estimate of drug-likeness (QED) is 0.669. The molecule has 1 N–H and O–H groups in total. The number of rotatable bonds is 5. The molecule has 1 heterocycles. The van der Waals surface area contributed by atoms with E-state index in [1.165, 1.54) is 25.1 Å². The van der Waals surface area contributed by atoms with Crippen LogP contribution in [0.25, 0.3) is 10.9 Å². The van der Waals surface area contributed by atoms with Crippen molar-refractivity contribution in [3.8, 4) is 5.75 Å². The molecule has 0 unspecified atom stereocenters. The van der Waals surface area contributed by atoms with Gasteiger partial charge in [-0.15, -0.1) is 0 Å². The SMILES string of the molecule is COc1cc2c(NCCC=C(C)C)ncnc2cc1F. The van der Waals surface area contributed by atoms with Gasteiger partial charge in [-0.1, -0.05) is 11.6 Å². The Balaban J connectivity index is 2.26. The number of anilines is 1. The largest absolute Gasteiger partial charge is 0.494 e. The molecule has 1 aromatic carbocycles. The van der Waals surface area contributed by atoms with E-state index in [0.717, 1.165) is 18.4 Å². The molecule has 0 atom stereocenters. The van der Waals surface area contributed by atoms with Crippen LogP contribution >= 0.6 is 0 Å². The van der Waals surface area contributed by atoms with Gasteiger partial charge in [0.25, 0.3) is 0 Å². The second-order valence-electron chi connectivity index (χ2n) is 4.72. The Morgan fingerprint density at radius 2 is 2.15 bits per heavy atom. The standard InChI is InChI=1S/C15H18FN3O/c1-10(2)5-4-6-17-15-11-7-14(20-3)12(16)8-13(11)18-9-19-15/h5,7-9H,4,6H2,1-3H3,(H,17,18,19). The molecule has 0 amide bonds. The van der Waals surface area contributed by atoms with Gasteiger partial charge in [-0.2, -0.15) is 0 Å². The molecule has 0 bridgehead atoms. The molecule has 1 aromatic heterocycles. The third-order valence-electron chi connectivity index (χ3n) is 2.90. The van der Waals surface area contributed by atoms with Crippen molar-refractivity contribution in [2.75, 3.05) is 19.0 Å². The predicted molar refractivity (Wildman–Crippen MR) is 78.6 cm³/mol. The highest BCUT2D eigenvalue weighted by Crippen LogP contribution is 2.27. The maximum atomic E-state index is 13.6. The fraction of sp³-hybridized carbons (Fsp3) is 0.333. The monoisotopic (exact) mass is 275 g/mol. The zero-order valence-corrected chi connectivity index (χ0v) is 11.9. The van der Waals surface area contributed by atoms with E-state index in [-0.39, 0.29) is 5.75 Å². The molecule has 5 heteroatoms. The molecule has 2 aromatic rings. The smallest absolute Gasteiger partial charge is 0.167 e. The van der Waals surface area contributed by atoms with Gasteiger partial charge in [-0.3, -0.25) is 0 Å². The van der Waals surface area contributed by atoms with E-state index in [1.807, 2.05) is 0 Å². The third-order valence-corrected chi connectivity index (χ3v) is 2.90. The zero-order chi connectivity index (χ0) is 14.5. The van der Waals surface area contributed by atoms with Crippen molar-refractivity contribution >= 4 is 16.7 Å². The molecule has 106 valence electrons. The van der Waals surface area contributed by atoms with Gasteiger partial charge < -0.3 is 10.1 Å². The zero-order valence-electron chi connectivity index (χ0n) is 11.9. The number of fused-ring (bicyclic) bond motifs is 1. The van der Waals surface area contributed by atoms with Crippen LogP contribution in [0.1, 0.15) is 20.3 Å². The van der Waals surface area contributed by atoms with Gasteiger partial charge in [0.05, 0.1) is 12.6 Å². The first-order valence-corrected chi connectivity index (χ1v) is 6.47. The van der Waals surface area contributed by atoms with Gasteiger partial charge in [0.15, 0.2) is 11.6 Å². The number of hydrogen-bond donors (Lipinski definition) is 1. The molecule has 0 aliphatic heterocycles. The summed E-state index contributed by atoms with van der Waals surface area (Å²) in [6, 6.07) is 2.98. The summed E-state index contributed by atoms with van der Waals surface area (Å²) in [5.74, 6) is 0.462. The van der Waals surface area contributed by atoms with E-state index >= 15 is 0 Å². The van der Waals surface area contributed by atoms with E-state index in [2.05, 4.69) is 35.2 Å². The van der Waals surface area contributed by atoms with Crippen LogP contribution in [0.4, 0.5) is 10.2 Å². The molecule has 2 rings (SSSR count). The van der Waals surface area contributed by atoms with Crippen molar-refractivity contribution in [1.82, 2.24) is 9.97 Å². The van der Waals surface area contributed by atoms with Gasteiger partial charge in [0.1, 0.15) is 12.1 Å². The summed E-state index contributed by atoms with van der Waals surface area (Å²) in [7, 11) is 1.44. The maximum Gasteiger partial charge on any atom is 0.167 e. The second kappa shape index (κ2) is 6.32. The predicted octanol–water partition coefficient (Wildman–Crippen LogP) is 3.55. The normalized spacial score (nSPS) is 10.4. The van der Waals surface area contributed by atoms with Gasteiger partial charge in [0.2, 0.25) is 0 Å². The minimum Gasteiger partial charge on any atom is -0.494 e. The van der Waals surface area contributed by atoms with Gasteiger partial charge in [-0.25, -0.2) is 14.4 Å². The van der Waals surface area contributed by atoms with Crippen LogP contribution in [0.3, 0.4) is 0 Å². The Morgan fingerprint density at radius 3 is 2.85 bits per heavy atom. The van der Waals surface area contributed by atoms with E-state index in [1.54, 1.807) is 6.07 Å². The highest BCUT2D eigenvalue weighted by atomic mass is 19.1. The van der Waals surface area contributed by atoms with Crippen LogP contribution in [0.2, 0.25) is 0 Å². The molecule has 0 saturated heterocycles. The molecule has 4 nitrogen and oxygen atoms in total. The number of hydrogen-bond acceptors (Lipinski definition) is 4. The van der Waals surface area contributed by atoms with Crippen molar-refractivity contribution in [2.45, 2.75) is 20.3 Å². The Kier molecular flexibility index (Phi) is 4.50. The number of aromatic nitrogens is 2. The summed E-state index contributed by atoms with van der Waals surface area (Å²) in [6.45, 7) is 4.89. The van der Waals surface area contributed by atoms with Crippen LogP contribution in [0, 0.1) is 5.82 Å². The Hall–Kier alpha value is -2.17. The molecular formula is C15H18FN3O. The van der Waals surface area contributed by atoms with Crippen LogP contribution in [0.5, 0.6) is 5.75 Å². The van der Waals surface area contributed by atoms with Gasteiger partial charge in [0, 0.05) is 18.0 Å². The average Bonchev–Trinajstić information content (AvgIpc) is 2.42. The van der Waals surface area contributed by atoms with Gasteiger partial charge >= 0.3 is 0 Å². The summed E-state index contributed by atoms with van der Waals surface area (Å²) in [4.78, 5) is 8.28. The van der Waals surface area contributed by atoms with E-state index < -0.39 is 5.82 Å². The minimum absolute atomic E-state index is 0.194. The third kappa shape index (κ3) is 3.23. The summed E-state index contributed by atoms with van der Waals surface area (Å²) in [5, 5.41) is 3.99. The summed E-state index contributed by atoms with van der Waals surface area (Å²) < 4.78 is 18.6. The minimum atomic E-state index is -0.422. The molecular weight excluding hydrogens is 257 g/mol. The van der Waals surface area contributed by atoms with Crippen molar-refractivity contribution < 1.29 is 9.13 Å².